The minimum absolute atomic E-state index is 0.413. The Morgan fingerprint density at radius 2 is 2.31 bits per heavy atom. The van der Waals surface area contributed by atoms with Crippen LogP contribution in [0.25, 0.3) is 0 Å². The molecule has 0 bridgehead atoms. The van der Waals surface area contributed by atoms with E-state index in [1.807, 2.05) is 13.8 Å². The zero-order chi connectivity index (χ0) is 10.0. The van der Waals surface area contributed by atoms with Crippen LogP contribution in [0.1, 0.15) is 13.8 Å². The molecule has 0 aliphatic carbocycles. The monoisotopic (exact) mass is 188 g/mol. The van der Waals surface area contributed by atoms with E-state index in [0.29, 0.717) is 12.5 Å². The first-order chi connectivity index (χ1) is 6.02. The number of ether oxygens (including phenoxy) is 1. The van der Waals surface area contributed by atoms with E-state index in [1.54, 1.807) is 7.05 Å². The zero-order valence-corrected chi connectivity index (χ0v) is 8.19. The molecule has 1 aliphatic rings. The lowest BCUT2D eigenvalue weighted by molar-refractivity contribution is -0.193. The highest BCUT2D eigenvalue weighted by Gasteiger charge is 2.39. The van der Waals surface area contributed by atoms with Crippen molar-refractivity contribution in [2.75, 3.05) is 13.7 Å². The number of nitrogens with zero attached hydrogens (tertiary/aromatic N) is 1. The fourth-order valence-electron chi connectivity index (χ4n) is 1.10. The van der Waals surface area contributed by atoms with Crippen LogP contribution in [0.5, 0.6) is 0 Å². The summed E-state index contributed by atoms with van der Waals surface area (Å²) in [5.41, 5.74) is 5.56. The molecule has 0 aromatic heterocycles. The molecule has 13 heavy (non-hydrogen) atoms. The highest BCUT2D eigenvalue weighted by Crippen LogP contribution is 2.14. The number of hydrogen-bond donors (Lipinski definition) is 1. The van der Waals surface area contributed by atoms with E-state index < -0.39 is 18.2 Å². The van der Waals surface area contributed by atoms with Crippen LogP contribution in [0.2, 0.25) is 0 Å². The Bertz CT molecular complexity index is 196. The Labute approximate surface area is 77.7 Å². The molecule has 5 heteroatoms. The Morgan fingerprint density at radius 3 is 2.69 bits per heavy atom. The summed E-state index contributed by atoms with van der Waals surface area (Å²) in [6, 6.07) is -0.691. The first-order valence-corrected chi connectivity index (χ1v) is 4.34. The molecule has 0 aromatic rings. The second-order valence-electron chi connectivity index (χ2n) is 3.60. The maximum atomic E-state index is 11.0. The lowest BCUT2D eigenvalue weighted by atomic mass is 10.2. The molecule has 0 radical (unpaired) electrons. The summed E-state index contributed by atoms with van der Waals surface area (Å²) < 4.78 is 5.41. The number of carbonyl (C=O) groups is 1. The summed E-state index contributed by atoms with van der Waals surface area (Å²) in [4.78, 5) is 15.7. The van der Waals surface area contributed by atoms with Gasteiger partial charge in [-0.2, -0.15) is 0 Å². The van der Waals surface area contributed by atoms with E-state index in [2.05, 4.69) is 0 Å². The molecule has 1 fully saturated rings. The van der Waals surface area contributed by atoms with E-state index in [1.165, 1.54) is 5.06 Å². The summed E-state index contributed by atoms with van der Waals surface area (Å²) in [7, 11) is 1.63. The first-order valence-electron chi connectivity index (χ1n) is 4.34. The molecule has 2 N–H and O–H groups in total. The molecule has 76 valence electrons. The lowest BCUT2D eigenvalue weighted by Gasteiger charge is -2.19. The molecular weight excluding hydrogens is 172 g/mol. The standard InChI is InChI=1S/C8H16N2O3/c1-5(2)4-12-7-6(9)8(11)13-10(7)3/h5-7H,4,9H2,1-3H3. The van der Waals surface area contributed by atoms with Crippen molar-refractivity contribution in [3.05, 3.63) is 0 Å². The molecule has 0 aromatic carbocycles. The third-order valence-electron chi connectivity index (χ3n) is 1.77. The molecule has 1 saturated heterocycles. The van der Waals surface area contributed by atoms with Crippen LogP contribution in [-0.2, 0) is 14.4 Å². The SMILES string of the molecule is CC(C)COC1C(N)C(=O)ON1C. The molecule has 2 atom stereocenters. The molecule has 1 aliphatic heterocycles. The number of hydroxylamine groups is 2. The van der Waals surface area contributed by atoms with Crippen LogP contribution in [-0.4, -0.2) is 37.0 Å². The average molecular weight is 188 g/mol. The predicted molar refractivity (Wildman–Crippen MR) is 46.4 cm³/mol. The molecule has 1 heterocycles. The summed E-state index contributed by atoms with van der Waals surface area (Å²) in [6.45, 7) is 4.63. The predicted octanol–water partition coefficient (Wildman–Crippen LogP) is -0.284. The van der Waals surface area contributed by atoms with Crippen molar-refractivity contribution in [2.24, 2.45) is 11.7 Å². The van der Waals surface area contributed by atoms with Crippen LogP contribution in [0.4, 0.5) is 0 Å². The largest absolute Gasteiger partial charge is 0.364 e. The topological polar surface area (TPSA) is 64.8 Å². The van der Waals surface area contributed by atoms with Crippen molar-refractivity contribution in [1.29, 1.82) is 0 Å². The van der Waals surface area contributed by atoms with E-state index in [-0.39, 0.29) is 0 Å². The number of likely N-dealkylation sites (N-methyl/N-ethyl adjacent to an activating group) is 1. The normalized spacial score (nSPS) is 29.8. The van der Waals surface area contributed by atoms with Crippen LogP contribution in [0.15, 0.2) is 0 Å². The van der Waals surface area contributed by atoms with Crippen molar-refractivity contribution in [3.8, 4) is 0 Å². The Balaban J connectivity index is 2.44. The Morgan fingerprint density at radius 1 is 1.69 bits per heavy atom. The summed E-state index contributed by atoms with van der Waals surface area (Å²) >= 11 is 0. The number of hydrogen-bond acceptors (Lipinski definition) is 5. The molecule has 0 spiro atoms. The molecule has 1 rings (SSSR count). The number of carbonyl (C=O) groups excluding carboxylic acids is 1. The molecule has 0 amide bonds. The van der Waals surface area contributed by atoms with Gasteiger partial charge in [0.15, 0.2) is 6.23 Å². The van der Waals surface area contributed by atoms with E-state index >= 15 is 0 Å². The highest BCUT2D eigenvalue weighted by atomic mass is 16.8. The Hall–Kier alpha value is -0.650. The first kappa shape index (κ1) is 10.4. The second kappa shape index (κ2) is 4.04. The summed E-state index contributed by atoms with van der Waals surface area (Å²) in [6.07, 6.45) is -0.449. The highest BCUT2D eigenvalue weighted by molar-refractivity contribution is 5.77. The smallest absolute Gasteiger partial charge is 0.346 e. The minimum atomic E-state index is -0.691. The van der Waals surface area contributed by atoms with Crippen molar-refractivity contribution in [3.63, 3.8) is 0 Å². The third kappa shape index (κ3) is 2.40. The van der Waals surface area contributed by atoms with Gasteiger partial charge in [-0.15, -0.1) is 5.06 Å². The van der Waals surface area contributed by atoms with E-state index in [0.717, 1.165) is 0 Å². The maximum absolute atomic E-state index is 11.0. The quantitative estimate of drug-likeness (QED) is 0.659. The van der Waals surface area contributed by atoms with Crippen LogP contribution in [0, 0.1) is 5.92 Å². The second-order valence-corrected chi connectivity index (χ2v) is 3.60. The van der Waals surface area contributed by atoms with Gasteiger partial charge in [0.05, 0.1) is 6.61 Å². The van der Waals surface area contributed by atoms with Crippen LogP contribution >= 0.6 is 0 Å². The van der Waals surface area contributed by atoms with Gasteiger partial charge in [-0.1, -0.05) is 13.8 Å². The van der Waals surface area contributed by atoms with Gasteiger partial charge in [0, 0.05) is 7.05 Å². The number of nitrogens with two attached hydrogens (primary N) is 1. The minimum Gasteiger partial charge on any atom is -0.364 e. The van der Waals surface area contributed by atoms with Crippen molar-refractivity contribution >= 4 is 5.97 Å². The van der Waals surface area contributed by atoms with Gasteiger partial charge >= 0.3 is 5.97 Å². The number of rotatable bonds is 3. The average Bonchev–Trinajstić information content (AvgIpc) is 2.24. The molecule has 0 saturated carbocycles. The van der Waals surface area contributed by atoms with Crippen molar-refractivity contribution < 1.29 is 14.4 Å². The molecular formula is C8H16N2O3. The fraction of sp³-hybridized carbons (Fsp3) is 0.875. The van der Waals surface area contributed by atoms with Gasteiger partial charge in [0.25, 0.3) is 0 Å². The van der Waals surface area contributed by atoms with Gasteiger partial charge < -0.3 is 15.3 Å². The summed E-state index contributed by atoms with van der Waals surface area (Å²) in [5.74, 6) is -0.0208. The van der Waals surface area contributed by atoms with Gasteiger partial charge in [0.1, 0.15) is 6.04 Å². The maximum Gasteiger partial charge on any atom is 0.346 e. The lowest BCUT2D eigenvalue weighted by Crippen LogP contribution is -2.42. The van der Waals surface area contributed by atoms with Gasteiger partial charge in [-0.3, -0.25) is 0 Å². The van der Waals surface area contributed by atoms with E-state index in [4.69, 9.17) is 15.3 Å². The van der Waals surface area contributed by atoms with Crippen LogP contribution in [0.3, 0.4) is 0 Å². The third-order valence-corrected chi connectivity index (χ3v) is 1.77. The van der Waals surface area contributed by atoms with Gasteiger partial charge in [-0.05, 0) is 5.92 Å². The molecule has 2 unspecified atom stereocenters. The van der Waals surface area contributed by atoms with Crippen molar-refractivity contribution in [2.45, 2.75) is 26.1 Å². The zero-order valence-electron chi connectivity index (χ0n) is 8.19. The fourth-order valence-corrected chi connectivity index (χ4v) is 1.10. The summed E-state index contributed by atoms with van der Waals surface area (Å²) in [5, 5.41) is 1.36. The van der Waals surface area contributed by atoms with Gasteiger partial charge in [-0.25, -0.2) is 4.79 Å². The van der Waals surface area contributed by atoms with Crippen molar-refractivity contribution in [1.82, 2.24) is 5.06 Å². The molecule has 5 nitrogen and oxygen atoms in total. The van der Waals surface area contributed by atoms with E-state index in [9.17, 15) is 4.79 Å². The Kier molecular flexibility index (Phi) is 3.24. The van der Waals surface area contributed by atoms with Crippen LogP contribution < -0.4 is 5.73 Å². The van der Waals surface area contributed by atoms with Gasteiger partial charge in [0.2, 0.25) is 0 Å².